The van der Waals surface area contributed by atoms with Crippen LogP contribution in [0, 0.1) is 5.92 Å². The molecule has 2 fully saturated rings. The highest BCUT2D eigenvalue weighted by atomic mass is 32.2. The lowest BCUT2D eigenvalue weighted by molar-refractivity contribution is -0.119. The SMILES string of the molecule is O=C(CS(=O)(=O)CC1CNC1)NC1CCCCC1. The molecule has 0 aromatic carbocycles. The van der Waals surface area contributed by atoms with Crippen LogP contribution in [0.2, 0.25) is 0 Å². The van der Waals surface area contributed by atoms with Crippen molar-refractivity contribution in [2.45, 2.75) is 38.1 Å². The molecule has 0 aromatic heterocycles. The van der Waals surface area contributed by atoms with Gasteiger partial charge in [-0.25, -0.2) is 8.42 Å². The van der Waals surface area contributed by atoms with Crippen LogP contribution in [0.3, 0.4) is 0 Å². The lowest BCUT2D eigenvalue weighted by Crippen LogP contribution is -2.47. The lowest BCUT2D eigenvalue weighted by Gasteiger charge is -2.27. The van der Waals surface area contributed by atoms with Crippen molar-refractivity contribution in [3.63, 3.8) is 0 Å². The van der Waals surface area contributed by atoms with Crippen LogP contribution in [0.1, 0.15) is 32.1 Å². The van der Waals surface area contributed by atoms with Crippen molar-refractivity contribution >= 4 is 15.7 Å². The van der Waals surface area contributed by atoms with Crippen molar-refractivity contribution in [3.8, 4) is 0 Å². The van der Waals surface area contributed by atoms with Crippen LogP contribution in [-0.4, -0.2) is 45.0 Å². The van der Waals surface area contributed by atoms with Gasteiger partial charge in [-0.2, -0.15) is 0 Å². The largest absolute Gasteiger partial charge is 0.352 e. The zero-order valence-electron chi connectivity index (χ0n) is 10.7. The molecule has 2 aliphatic rings. The van der Waals surface area contributed by atoms with Gasteiger partial charge in [0.2, 0.25) is 5.91 Å². The van der Waals surface area contributed by atoms with E-state index in [1.54, 1.807) is 0 Å². The fraction of sp³-hybridized carbons (Fsp3) is 0.917. The minimum absolute atomic E-state index is 0.137. The molecule has 0 radical (unpaired) electrons. The third kappa shape index (κ3) is 4.24. The molecule has 1 aliphatic heterocycles. The van der Waals surface area contributed by atoms with Gasteiger partial charge in [-0.3, -0.25) is 4.79 Å². The molecule has 18 heavy (non-hydrogen) atoms. The van der Waals surface area contributed by atoms with Gasteiger partial charge in [0.05, 0.1) is 5.75 Å². The van der Waals surface area contributed by atoms with Gasteiger partial charge < -0.3 is 10.6 Å². The van der Waals surface area contributed by atoms with Crippen LogP contribution in [-0.2, 0) is 14.6 Å². The number of carbonyl (C=O) groups excluding carboxylic acids is 1. The molecule has 2 rings (SSSR count). The lowest BCUT2D eigenvalue weighted by atomic mass is 9.95. The van der Waals surface area contributed by atoms with Crippen LogP contribution in [0.15, 0.2) is 0 Å². The van der Waals surface area contributed by atoms with Gasteiger partial charge in [-0.15, -0.1) is 0 Å². The van der Waals surface area contributed by atoms with Gasteiger partial charge in [0.15, 0.2) is 9.84 Å². The van der Waals surface area contributed by atoms with Crippen LogP contribution < -0.4 is 10.6 Å². The molecule has 1 saturated carbocycles. The van der Waals surface area contributed by atoms with Crippen LogP contribution in [0.25, 0.3) is 0 Å². The Morgan fingerprint density at radius 2 is 1.83 bits per heavy atom. The Morgan fingerprint density at radius 3 is 2.39 bits per heavy atom. The van der Waals surface area contributed by atoms with Gasteiger partial charge in [0, 0.05) is 19.1 Å². The summed E-state index contributed by atoms with van der Waals surface area (Å²) < 4.78 is 23.6. The number of rotatable bonds is 5. The summed E-state index contributed by atoms with van der Waals surface area (Å²) in [6.45, 7) is 1.51. The second-order valence-corrected chi connectivity index (χ2v) is 7.59. The minimum Gasteiger partial charge on any atom is -0.352 e. The third-order valence-corrected chi connectivity index (χ3v) is 5.36. The van der Waals surface area contributed by atoms with E-state index in [1.165, 1.54) is 6.42 Å². The molecule has 1 aliphatic carbocycles. The first-order valence-electron chi connectivity index (χ1n) is 6.76. The molecule has 0 aromatic rings. The standard InChI is InChI=1S/C12H22N2O3S/c15-12(14-11-4-2-1-3-5-11)9-18(16,17)8-10-6-13-7-10/h10-11,13H,1-9H2,(H,14,15). The van der Waals surface area contributed by atoms with Gasteiger partial charge in [-0.1, -0.05) is 19.3 Å². The Morgan fingerprint density at radius 1 is 1.17 bits per heavy atom. The van der Waals surface area contributed by atoms with Crippen LogP contribution in [0.4, 0.5) is 0 Å². The average Bonchev–Trinajstić information content (AvgIpc) is 2.24. The third-order valence-electron chi connectivity index (χ3n) is 3.68. The van der Waals surface area contributed by atoms with E-state index in [0.717, 1.165) is 38.8 Å². The van der Waals surface area contributed by atoms with Crippen molar-refractivity contribution in [1.29, 1.82) is 0 Å². The second-order valence-electron chi connectivity index (χ2n) is 5.48. The molecule has 104 valence electrons. The Bertz CT molecular complexity index is 384. The first kappa shape index (κ1) is 13.8. The molecule has 5 nitrogen and oxygen atoms in total. The highest BCUT2D eigenvalue weighted by molar-refractivity contribution is 7.92. The van der Waals surface area contributed by atoms with E-state index in [-0.39, 0.29) is 29.4 Å². The Kier molecular flexibility index (Phi) is 4.61. The van der Waals surface area contributed by atoms with Crippen molar-refractivity contribution < 1.29 is 13.2 Å². The Balaban J connectivity index is 1.74. The predicted octanol–water partition coefficient (Wildman–Crippen LogP) is 0.0695. The Labute approximate surface area is 109 Å². The van der Waals surface area contributed by atoms with Gasteiger partial charge >= 0.3 is 0 Å². The van der Waals surface area contributed by atoms with Crippen molar-refractivity contribution in [3.05, 3.63) is 0 Å². The smallest absolute Gasteiger partial charge is 0.235 e. The first-order chi connectivity index (χ1) is 8.55. The average molecular weight is 274 g/mol. The number of amides is 1. The van der Waals surface area contributed by atoms with Gasteiger partial charge in [0.1, 0.15) is 5.75 Å². The number of hydrogen-bond acceptors (Lipinski definition) is 4. The van der Waals surface area contributed by atoms with E-state index in [4.69, 9.17) is 0 Å². The summed E-state index contributed by atoms with van der Waals surface area (Å²) in [5.74, 6) is -0.343. The molecule has 6 heteroatoms. The molecule has 0 atom stereocenters. The summed E-state index contributed by atoms with van der Waals surface area (Å²) in [5.41, 5.74) is 0. The topological polar surface area (TPSA) is 75.3 Å². The zero-order valence-corrected chi connectivity index (χ0v) is 11.5. The molecule has 0 bridgehead atoms. The van der Waals surface area contributed by atoms with E-state index in [1.807, 2.05) is 0 Å². The maximum absolute atomic E-state index is 11.8. The summed E-state index contributed by atoms with van der Waals surface area (Å²) in [4.78, 5) is 11.7. The molecule has 0 unspecified atom stereocenters. The normalized spacial score (nSPS) is 22.4. The summed E-state index contributed by atoms with van der Waals surface area (Å²) >= 11 is 0. The maximum atomic E-state index is 11.8. The monoisotopic (exact) mass is 274 g/mol. The molecular weight excluding hydrogens is 252 g/mol. The molecule has 2 N–H and O–H groups in total. The number of sulfone groups is 1. The fourth-order valence-electron chi connectivity index (χ4n) is 2.60. The summed E-state index contributed by atoms with van der Waals surface area (Å²) in [7, 11) is -3.24. The molecule has 1 amide bonds. The number of nitrogens with one attached hydrogen (secondary N) is 2. The summed E-state index contributed by atoms with van der Waals surface area (Å²) in [6, 6.07) is 0.187. The maximum Gasteiger partial charge on any atom is 0.235 e. The van der Waals surface area contributed by atoms with Crippen LogP contribution in [0.5, 0.6) is 0 Å². The molecule has 1 heterocycles. The quantitative estimate of drug-likeness (QED) is 0.744. The van der Waals surface area contributed by atoms with E-state index < -0.39 is 9.84 Å². The summed E-state index contributed by atoms with van der Waals surface area (Å²) in [6.07, 6.45) is 5.45. The highest BCUT2D eigenvalue weighted by Gasteiger charge is 2.27. The van der Waals surface area contributed by atoms with Crippen LogP contribution >= 0.6 is 0 Å². The predicted molar refractivity (Wildman–Crippen MR) is 70.0 cm³/mol. The zero-order chi connectivity index (χ0) is 13.0. The number of carbonyl (C=O) groups is 1. The Hall–Kier alpha value is -0.620. The first-order valence-corrected chi connectivity index (χ1v) is 8.58. The highest BCUT2D eigenvalue weighted by Crippen LogP contribution is 2.17. The second kappa shape index (κ2) is 6.02. The van der Waals surface area contributed by atoms with E-state index in [9.17, 15) is 13.2 Å². The van der Waals surface area contributed by atoms with Crippen molar-refractivity contribution in [1.82, 2.24) is 10.6 Å². The van der Waals surface area contributed by atoms with Gasteiger partial charge in [-0.05, 0) is 18.8 Å². The molecular formula is C12H22N2O3S. The minimum atomic E-state index is -3.24. The van der Waals surface area contributed by atoms with E-state index in [0.29, 0.717) is 0 Å². The number of hydrogen-bond donors (Lipinski definition) is 2. The fourth-order valence-corrected chi connectivity index (χ4v) is 4.15. The molecule has 0 spiro atoms. The van der Waals surface area contributed by atoms with E-state index in [2.05, 4.69) is 10.6 Å². The summed E-state index contributed by atoms with van der Waals surface area (Å²) in [5, 5.41) is 5.89. The van der Waals surface area contributed by atoms with Gasteiger partial charge in [0.25, 0.3) is 0 Å². The van der Waals surface area contributed by atoms with Crippen molar-refractivity contribution in [2.75, 3.05) is 24.6 Å². The van der Waals surface area contributed by atoms with Crippen molar-refractivity contribution in [2.24, 2.45) is 5.92 Å². The van der Waals surface area contributed by atoms with E-state index >= 15 is 0 Å². The molecule has 1 saturated heterocycles.